The van der Waals surface area contributed by atoms with Crippen LogP contribution in [-0.2, 0) is 6.42 Å². The zero-order valence-electron chi connectivity index (χ0n) is 6.60. The summed E-state index contributed by atoms with van der Waals surface area (Å²) in [5.74, 6) is 0. The number of carbonyl (C=O) groups is 1. The van der Waals surface area contributed by atoms with Crippen LogP contribution in [0.4, 0.5) is 4.79 Å². The summed E-state index contributed by atoms with van der Waals surface area (Å²) in [7, 11) is 0. The van der Waals surface area contributed by atoms with E-state index in [1.54, 1.807) is 0 Å². The molecule has 0 unspecified atom stereocenters. The number of aliphatic imine (C=N–C) groups is 1. The lowest BCUT2D eigenvalue weighted by Crippen LogP contribution is -2.04. The summed E-state index contributed by atoms with van der Waals surface area (Å²) in [5.41, 5.74) is 5.93. The van der Waals surface area contributed by atoms with Crippen LogP contribution in [0.25, 0.3) is 0 Å². The van der Waals surface area contributed by atoms with Gasteiger partial charge in [-0.05, 0) is 5.56 Å². The third-order valence-electron chi connectivity index (χ3n) is 1.39. The van der Waals surface area contributed by atoms with Crippen LogP contribution in [0, 0.1) is 0 Å². The monoisotopic (exact) mass is 162 g/mol. The average molecular weight is 162 g/mol. The molecular weight excluding hydrogens is 152 g/mol. The molecule has 3 heteroatoms. The highest BCUT2D eigenvalue weighted by Crippen LogP contribution is 1.97. The predicted molar refractivity (Wildman–Crippen MR) is 48.2 cm³/mol. The molecular formula is C9H10N2O. The van der Waals surface area contributed by atoms with Crippen LogP contribution in [0.2, 0.25) is 0 Å². The van der Waals surface area contributed by atoms with E-state index in [1.165, 1.54) is 6.21 Å². The molecule has 0 heterocycles. The van der Waals surface area contributed by atoms with Gasteiger partial charge in [0.2, 0.25) is 0 Å². The van der Waals surface area contributed by atoms with E-state index in [0.717, 1.165) is 5.56 Å². The Hall–Kier alpha value is -1.64. The van der Waals surface area contributed by atoms with E-state index in [1.807, 2.05) is 30.3 Å². The van der Waals surface area contributed by atoms with Gasteiger partial charge in [0.05, 0.1) is 0 Å². The van der Waals surface area contributed by atoms with Gasteiger partial charge >= 0.3 is 6.03 Å². The smallest absolute Gasteiger partial charge is 0.337 e. The lowest BCUT2D eigenvalue weighted by molar-refractivity contribution is 0.257. The van der Waals surface area contributed by atoms with Crippen molar-refractivity contribution in [1.82, 2.24) is 0 Å². The second-order valence-corrected chi connectivity index (χ2v) is 2.34. The number of nitrogens with zero attached hydrogens (tertiary/aromatic N) is 1. The Bertz CT molecular complexity index is 280. The molecule has 0 spiro atoms. The molecule has 0 radical (unpaired) electrons. The van der Waals surface area contributed by atoms with E-state index in [4.69, 9.17) is 5.73 Å². The summed E-state index contributed by atoms with van der Waals surface area (Å²) < 4.78 is 0. The molecule has 0 aliphatic carbocycles. The fourth-order valence-corrected chi connectivity index (χ4v) is 0.855. The topological polar surface area (TPSA) is 55.5 Å². The van der Waals surface area contributed by atoms with Gasteiger partial charge in [0.1, 0.15) is 0 Å². The number of rotatable bonds is 2. The number of primary amides is 1. The zero-order chi connectivity index (χ0) is 8.81. The lowest BCUT2D eigenvalue weighted by atomic mass is 10.2. The summed E-state index contributed by atoms with van der Waals surface area (Å²) in [6, 6.07) is 9.10. The van der Waals surface area contributed by atoms with Crippen LogP contribution < -0.4 is 5.73 Å². The molecule has 3 nitrogen and oxygen atoms in total. The van der Waals surface area contributed by atoms with Gasteiger partial charge < -0.3 is 5.73 Å². The summed E-state index contributed by atoms with van der Waals surface area (Å²) in [6.07, 6.45) is 2.15. The molecule has 0 bridgehead atoms. The predicted octanol–water partition coefficient (Wildman–Crippen LogP) is 1.38. The molecule has 2 N–H and O–H groups in total. The highest BCUT2D eigenvalue weighted by molar-refractivity contribution is 5.82. The third kappa shape index (κ3) is 2.96. The van der Waals surface area contributed by atoms with Crippen molar-refractivity contribution < 1.29 is 4.79 Å². The van der Waals surface area contributed by atoms with Gasteiger partial charge in [-0.1, -0.05) is 30.3 Å². The first kappa shape index (κ1) is 8.46. The summed E-state index contributed by atoms with van der Waals surface area (Å²) in [5, 5.41) is 0. The van der Waals surface area contributed by atoms with E-state index in [9.17, 15) is 4.79 Å². The maximum atomic E-state index is 10.2. The van der Waals surface area contributed by atoms with Crippen molar-refractivity contribution >= 4 is 12.2 Å². The van der Waals surface area contributed by atoms with Crippen LogP contribution in [0.15, 0.2) is 35.3 Å². The van der Waals surface area contributed by atoms with E-state index in [0.29, 0.717) is 6.42 Å². The number of nitrogens with two attached hydrogens (primary N) is 1. The molecule has 2 amide bonds. The summed E-state index contributed by atoms with van der Waals surface area (Å²) in [6.45, 7) is 0. The Morgan fingerprint density at radius 1 is 1.42 bits per heavy atom. The molecule has 0 saturated heterocycles. The molecule has 0 fully saturated rings. The second-order valence-electron chi connectivity index (χ2n) is 2.34. The van der Waals surface area contributed by atoms with Gasteiger partial charge in [-0.2, -0.15) is 0 Å². The highest BCUT2D eigenvalue weighted by Gasteiger charge is 1.87. The van der Waals surface area contributed by atoms with Crippen molar-refractivity contribution in [2.45, 2.75) is 6.42 Å². The first-order valence-electron chi connectivity index (χ1n) is 3.65. The molecule has 1 aromatic rings. The van der Waals surface area contributed by atoms with Gasteiger partial charge in [-0.3, -0.25) is 0 Å². The fourth-order valence-electron chi connectivity index (χ4n) is 0.855. The van der Waals surface area contributed by atoms with Crippen LogP contribution >= 0.6 is 0 Å². The first-order chi connectivity index (χ1) is 5.79. The van der Waals surface area contributed by atoms with Crippen molar-refractivity contribution in [3.8, 4) is 0 Å². The third-order valence-corrected chi connectivity index (χ3v) is 1.39. The SMILES string of the molecule is NC(=O)N=CCc1ccccc1. The maximum Gasteiger partial charge on any atom is 0.337 e. The molecule has 1 rings (SSSR count). The van der Waals surface area contributed by atoms with Gasteiger partial charge in [0.25, 0.3) is 0 Å². The van der Waals surface area contributed by atoms with Crippen LogP contribution in [0.5, 0.6) is 0 Å². The van der Waals surface area contributed by atoms with Gasteiger partial charge in [0.15, 0.2) is 0 Å². The van der Waals surface area contributed by atoms with Crippen LogP contribution in [-0.4, -0.2) is 12.2 Å². The largest absolute Gasteiger partial charge is 0.350 e. The lowest BCUT2D eigenvalue weighted by Gasteiger charge is -1.92. The Kier molecular flexibility index (Phi) is 3.02. The van der Waals surface area contributed by atoms with Crippen molar-refractivity contribution in [2.75, 3.05) is 0 Å². The number of amides is 2. The number of benzene rings is 1. The molecule has 0 aliphatic rings. The van der Waals surface area contributed by atoms with E-state index < -0.39 is 6.03 Å². The second kappa shape index (κ2) is 4.28. The average Bonchev–Trinajstić information content (AvgIpc) is 2.05. The Balaban J connectivity index is 2.49. The van der Waals surface area contributed by atoms with Crippen LogP contribution in [0.1, 0.15) is 5.56 Å². The first-order valence-corrected chi connectivity index (χ1v) is 3.65. The van der Waals surface area contributed by atoms with Crippen LogP contribution in [0.3, 0.4) is 0 Å². The minimum absolute atomic E-state index is 0.643. The molecule has 0 aliphatic heterocycles. The van der Waals surface area contributed by atoms with E-state index >= 15 is 0 Å². The summed E-state index contributed by atoms with van der Waals surface area (Å²) >= 11 is 0. The van der Waals surface area contributed by atoms with Gasteiger partial charge in [0, 0.05) is 12.6 Å². The quantitative estimate of drug-likeness (QED) is 0.656. The molecule has 0 atom stereocenters. The van der Waals surface area contributed by atoms with Gasteiger partial charge in [-0.15, -0.1) is 0 Å². The number of carbonyl (C=O) groups excluding carboxylic acids is 1. The fraction of sp³-hybridized carbons (Fsp3) is 0.111. The van der Waals surface area contributed by atoms with E-state index in [2.05, 4.69) is 4.99 Å². The van der Waals surface area contributed by atoms with E-state index in [-0.39, 0.29) is 0 Å². The Morgan fingerprint density at radius 2 is 2.08 bits per heavy atom. The highest BCUT2D eigenvalue weighted by atomic mass is 16.2. The normalized spacial score (nSPS) is 10.3. The Morgan fingerprint density at radius 3 is 2.67 bits per heavy atom. The molecule has 0 saturated carbocycles. The van der Waals surface area contributed by atoms with Crippen molar-refractivity contribution in [3.05, 3.63) is 35.9 Å². The maximum absolute atomic E-state index is 10.2. The standard InChI is InChI=1S/C9H10N2O/c10-9(12)11-7-6-8-4-2-1-3-5-8/h1-5,7H,6H2,(H2,10,12). The molecule has 1 aromatic carbocycles. The molecule has 62 valence electrons. The number of hydrogen-bond donors (Lipinski definition) is 1. The van der Waals surface area contributed by atoms with Gasteiger partial charge in [-0.25, -0.2) is 9.79 Å². The molecule has 12 heavy (non-hydrogen) atoms. The summed E-state index contributed by atoms with van der Waals surface area (Å²) in [4.78, 5) is 13.6. The zero-order valence-corrected chi connectivity index (χ0v) is 6.60. The minimum Gasteiger partial charge on any atom is -0.350 e. The minimum atomic E-state index is -0.647. The number of hydrogen-bond acceptors (Lipinski definition) is 1. The van der Waals surface area contributed by atoms with Crippen molar-refractivity contribution in [1.29, 1.82) is 0 Å². The van der Waals surface area contributed by atoms with Crippen molar-refractivity contribution in [2.24, 2.45) is 10.7 Å². The molecule has 0 aromatic heterocycles. The van der Waals surface area contributed by atoms with Crippen molar-refractivity contribution in [3.63, 3.8) is 0 Å². The number of urea groups is 1. The Labute approximate surface area is 70.9 Å².